The quantitative estimate of drug-likeness (QED) is 0.717. The van der Waals surface area contributed by atoms with Gasteiger partial charge < -0.3 is 4.74 Å². The van der Waals surface area contributed by atoms with E-state index in [1.807, 2.05) is 0 Å². The second-order valence-electron chi connectivity index (χ2n) is 5.28. The molecule has 0 atom stereocenters. The Bertz CT molecular complexity index is 565. The highest BCUT2D eigenvalue weighted by Crippen LogP contribution is 2.40. The molecular formula is C13H15BrClFO3S. The van der Waals surface area contributed by atoms with Gasteiger partial charge in [-0.05, 0) is 25.0 Å². The van der Waals surface area contributed by atoms with Gasteiger partial charge in [0.1, 0.15) is 11.6 Å². The van der Waals surface area contributed by atoms with Crippen LogP contribution in [0.1, 0.15) is 25.7 Å². The predicted octanol–water partition coefficient (Wildman–Crippen LogP) is 4.10. The zero-order valence-corrected chi connectivity index (χ0v) is 13.9. The Hall–Kier alpha value is -0.330. The van der Waals surface area contributed by atoms with E-state index < -0.39 is 20.3 Å². The summed E-state index contributed by atoms with van der Waals surface area (Å²) in [5.41, 5.74) is -0.459. The van der Waals surface area contributed by atoms with Gasteiger partial charge in [-0.3, -0.25) is 0 Å². The molecule has 0 unspecified atom stereocenters. The average Bonchev–Trinajstić information content (AvgIpc) is 2.72. The van der Waals surface area contributed by atoms with Crippen LogP contribution in [-0.4, -0.2) is 20.8 Å². The molecule has 0 amide bonds. The molecule has 0 N–H and O–H groups in total. The van der Waals surface area contributed by atoms with E-state index in [1.54, 1.807) is 6.07 Å². The van der Waals surface area contributed by atoms with Crippen molar-refractivity contribution in [1.29, 1.82) is 0 Å². The molecule has 1 aromatic rings. The first kappa shape index (κ1) is 16.0. The lowest BCUT2D eigenvalue weighted by molar-refractivity contribution is 0.170. The summed E-state index contributed by atoms with van der Waals surface area (Å²) in [7, 11) is 1.81. The molecule has 3 nitrogen and oxygen atoms in total. The summed E-state index contributed by atoms with van der Waals surface area (Å²) in [5, 5.41) is 0. The van der Waals surface area contributed by atoms with Crippen molar-refractivity contribution in [3.05, 3.63) is 28.5 Å². The van der Waals surface area contributed by atoms with Crippen molar-refractivity contribution in [1.82, 2.24) is 0 Å². The molecule has 0 aromatic heterocycles. The van der Waals surface area contributed by atoms with E-state index in [1.165, 1.54) is 12.1 Å². The molecule has 112 valence electrons. The predicted molar refractivity (Wildman–Crippen MR) is 80.1 cm³/mol. The second-order valence-corrected chi connectivity index (χ2v) is 8.98. The van der Waals surface area contributed by atoms with Crippen molar-refractivity contribution < 1.29 is 17.5 Å². The summed E-state index contributed by atoms with van der Waals surface area (Å²) < 4.78 is 42.2. The van der Waals surface area contributed by atoms with Gasteiger partial charge in [0.2, 0.25) is 9.05 Å². The number of ether oxygens (including phenoxy) is 1. The summed E-state index contributed by atoms with van der Waals surface area (Å²) in [6, 6.07) is 4.27. The lowest BCUT2D eigenvalue weighted by atomic mass is 9.90. The van der Waals surface area contributed by atoms with E-state index in [0.29, 0.717) is 10.2 Å². The highest BCUT2D eigenvalue weighted by Gasteiger charge is 2.38. The van der Waals surface area contributed by atoms with Crippen molar-refractivity contribution in [2.45, 2.75) is 25.7 Å². The van der Waals surface area contributed by atoms with Gasteiger partial charge in [0, 0.05) is 26.6 Å². The third-order valence-corrected chi connectivity index (χ3v) is 5.27. The lowest BCUT2D eigenvalue weighted by Gasteiger charge is -2.27. The molecule has 2 rings (SSSR count). The fourth-order valence-electron chi connectivity index (χ4n) is 2.67. The molecule has 1 aromatic carbocycles. The summed E-state index contributed by atoms with van der Waals surface area (Å²) in [4.78, 5) is 0. The number of halogens is 3. The van der Waals surface area contributed by atoms with Gasteiger partial charge >= 0.3 is 0 Å². The minimum absolute atomic E-state index is 0.0992. The van der Waals surface area contributed by atoms with Crippen LogP contribution in [0.15, 0.2) is 22.7 Å². The molecule has 20 heavy (non-hydrogen) atoms. The van der Waals surface area contributed by atoms with Gasteiger partial charge in [-0.1, -0.05) is 28.8 Å². The third kappa shape index (κ3) is 4.60. The topological polar surface area (TPSA) is 43.4 Å². The smallest absolute Gasteiger partial charge is 0.233 e. The van der Waals surface area contributed by atoms with Crippen molar-refractivity contribution in [2.24, 2.45) is 5.41 Å². The van der Waals surface area contributed by atoms with Gasteiger partial charge in [0.15, 0.2) is 0 Å². The van der Waals surface area contributed by atoms with E-state index in [9.17, 15) is 12.8 Å². The number of hydrogen-bond donors (Lipinski definition) is 0. The van der Waals surface area contributed by atoms with Crippen LogP contribution >= 0.6 is 26.6 Å². The van der Waals surface area contributed by atoms with Crippen LogP contribution in [0, 0.1) is 11.2 Å². The van der Waals surface area contributed by atoms with Crippen LogP contribution in [-0.2, 0) is 9.05 Å². The van der Waals surface area contributed by atoms with Crippen molar-refractivity contribution in [2.75, 3.05) is 12.4 Å². The van der Waals surface area contributed by atoms with E-state index >= 15 is 0 Å². The minimum Gasteiger partial charge on any atom is -0.493 e. The largest absolute Gasteiger partial charge is 0.493 e. The standard InChI is InChI=1S/C13H15BrClFO3S/c14-10-5-11(16)7-12(6-10)19-8-13(3-1-2-4-13)9-20(15,17)18/h5-7H,1-4,8-9H2. The van der Waals surface area contributed by atoms with Crippen molar-refractivity contribution >= 4 is 35.7 Å². The summed E-state index contributed by atoms with van der Waals surface area (Å²) >= 11 is 3.19. The first-order valence-corrected chi connectivity index (χ1v) is 9.56. The third-order valence-electron chi connectivity index (χ3n) is 3.52. The second kappa shape index (κ2) is 6.20. The molecule has 1 aliphatic carbocycles. The molecule has 1 aliphatic rings. The Morgan fingerprint density at radius 1 is 1.30 bits per heavy atom. The fourth-order valence-corrected chi connectivity index (χ4v) is 4.91. The molecular weight excluding hydrogens is 371 g/mol. The highest BCUT2D eigenvalue weighted by molar-refractivity contribution is 9.10. The van der Waals surface area contributed by atoms with E-state index in [-0.39, 0.29) is 12.4 Å². The van der Waals surface area contributed by atoms with Crippen molar-refractivity contribution in [3.8, 4) is 5.75 Å². The minimum atomic E-state index is -3.58. The molecule has 0 radical (unpaired) electrons. The maximum absolute atomic E-state index is 13.3. The summed E-state index contributed by atoms with van der Waals surface area (Å²) in [6.45, 7) is 0.231. The normalized spacial score (nSPS) is 18.1. The average molecular weight is 386 g/mol. The summed E-state index contributed by atoms with van der Waals surface area (Å²) in [6.07, 6.45) is 3.44. The zero-order valence-electron chi connectivity index (χ0n) is 10.7. The van der Waals surface area contributed by atoms with Gasteiger partial charge in [-0.15, -0.1) is 0 Å². The molecule has 0 aliphatic heterocycles. The molecule has 0 heterocycles. The Balaban J connectivity index is 2.09. The number of benzene rings is 1. The Kier molecular flexibility index (Phi) is 4.97. The molecule has 0 saturated heterocycles. The maximum atomic E-state index is 13.3. The molecule has 0 bridgehead atoms. The van der Waals surface area contributed by atoms with Crippen LogP contribution in [0.5, 0.6) is 5.75 Å². The molecule has 0 spiro atoms. The SMILES string of the molecule is O=S(=O)(Cl)CC1(COc2cc(F)cc(Br)c2)CCCC1. The van der Waals surface area contributed by atoms with Gasteiger partial charge in [-0.2, -0.15) is 0 Å². The van der Waals surface area contributed by atoms with Gasteiger partial charge in [0.25, 0.3) is 0 Å². The molecule has 1 fully saturated rings. The van der Waals surface area contributed by atoms with E-state index in [0.717, 1.165) is 25.7 Å². The highest BCUT2D eigenvalue weighted by atomic mass is 79.9. The Morgan fingerprint density at radius 2 is 1.95 bits per heavy atom. The number of hydrogen-bond acceptors (Lipinski definition) is 3. The molecule has 7 heteroatoms. The lowest BCUT2D eigenvalue weighted by Crippen LogP contribution is -2.32. The van der Waals surface area contributed by atoms with E-state index in [4.69, 9.17) is 15.4 Å². The van der Waals surface area contributed by atoms with Gasteiger partial charge in [0.05, 0.1) is 12.4 Å². The fraction of sp³-hybridized carbons (Fsp3) is 0.538. The van der Waals surface area contributed by atoms with E-state index in [2.05, 4.69) is 15.9 Å². The van der Waals surface area contributed by atoms with Crippen molar-refractivity contribution in [3.63, 3.8) is 0 Å². The maximum Gasteiger partial charge on any atom is 0.233 e. The zero-order chi connectivity index (χ0) is 14.8. The van der Waals surface area contributed by atoms with Crippen LogP contribution in [0.4, 0.5) is 4.39 Å². The van der Waals surface area contributed by atoms with Crippen LogP contribution in [0.2, 0.25) is 0 Å². The Morgan fingerprint density at radius 3 is 2.50 bits per heavy atom. The summed E-state index contributed by atoms with van der Waals surface area (Å²) in [5.74, 6) is -0.118. The molecule has 1 saturated carbocycles. The first-order valence-electron chi connectivity index (χ1n) is 6.29. The van der Waals surface area contributed by atoms with Gasteiger partial charge in [-0.25, -0.2) is 12.8 Å². The first-order chi connectivity index (χ1) is 9.28. The monoisotopic (exact) mass is 384 g/mol. The van der Waals surface area contributed by atoms with Crippen LogP contribution < -0.4 is 4.74 Å². The van der Waals surface area contributed by atoms with Crippen LogP contribution in [0.25, 0.3) is 0 Å². The Labute approximate surface area is 131 Å². The van der Waals surface area contributed by atoms with Crippen LogP contribution in [0.3, 0.4) is 0 Å². The number of rotatable bonds is 5.